The molecule has 1 amide bonds. The second kappa shape index (κ2) is 6.47. The SMILES string of the molecule is Cn1c(CNC(=O)Cc2ccc3c(c2)OCCO3)nc2ccccc21. The van der Waals surface area contributed by atoms with Crippen molar-refractivity contribution in [1.29, 1.82) is 0 Å². The topological polar surface area (TPSA) is 65.4 Å². The molecule has 0 unspecified atom stereocenters. The van der Waals surface area contributed by atoms with Crippen LogP contribution in [0.2, 0.25) is 0 Å². The van der Waals surface area contributed by atoms with Crippen LogP contribution in [0, 0.1) is 0 Å². The van der Waals surface area contributed by atoms with Crippen LogP contribution >= 0.6 is 0 Å². The highest BCUT2D eigenvalue weighted by molar-refractivity contribution is 5.79. The fourth-order valence-corrected chi connectivity index (χ4v) is 2.98. The average molecular weight is 337 g/mol. The predicted octanol–water partition coefficient (Wildman–Crippen LogP) is 2.20. The van der Waals surface area contributed by atoms with Crippen LogP contribution in [-0.4, -0.2) is 28.7 Å². The van der Waals surface area contributed by atoms with Crippen molar-refractivity contribution in [3.05, 3.63) is 53.9 Å². The summed E-state index contributed by atoms with van der Waals surface area (Å²) in [6.07, 6.45) is 0.292. The van der Waals surface area contributed by atoms with Crippen molar-refractivity contribution in [3.8, 4) is 11.5 Å². The molecule has 0 bridgehead atoms. The molecule has 2 aromatic carbocycles. The highest BCUT2D eigenvalue weighted by Crippen LogP contribution is 2.30. The van der Waals surface area contributed by atoms with Crippen LogP contribution in [0.5, 0.6) is 11.5 Å². The molecule has 6 heteroatoms. The van der Waals surface area contributed by atoms with Gasteiger partial charge in [0.2, 0.25) is 5.91 Å². The van der Waals surface area contributed by atoms with Crippen molar-refractivity contribution >= 4 is 16.9 Å². The molecular weight excluding hydrogens is 318 g/mol. The zero-order valence-electron chi connectivity index (χ0n) is 14.0. The van der Waals surface area contributed by atoms with Gasteiger partial charge >= 0.3 is 0 Å². The summed E-state index contributed by atoms with van der Waals surface area (Å²) >= 11 is 0. The molecule has 0 radical (unpaired) electrons. The first-order valence-corrected chi connectivity index (χ1v) is 8.26. The number of para-hydroxylation sites is 2. The van der Waals surface area contributed by atoms with E-state index in [9.17, 15) is 4.79 Å². The first-order valence-electron chi connectivity index (χ1n) is 8.26. The molecule has 1 N–H and O–H groups in total. The fourth-order valence-electron chi connectivity index (χ4n) is 2.98. The molecule has 2 heterocycles. The Morgan fingerprint density at radius 2 is 1.96 bits per heavy atom. The minimum atomic E-state index is -0.0521. The third-order valence-electron chi connectivity index (χ3n) is 4.29. The summed E-state index contributed by atoms with van der Waals surface area (Å²) in [5.41, 5.74) is 2.88. The van der Waals surface area contributed by atoms with Gasteiger partial charge in [0, 0.05) is 7.05 Å². The second-order valence-electron chi connectivity index (χ2n) is 6.01. The van der Waals surface area contributed by atoms with Gasteiger partial charge in [0.15, 0.2) is 11.5 Å². The molecule has 0 saturated heterocycles. The molecule has 1 aliphatic heterocycles. The molecule has 1 aliphatic rings. The lowest BCUT2D eigenvalue weighted by Crippen LogP contribution is -2.26. The van der Waals surface area contributed by atoms with Crippen LogP contribution in [0.3, 0.4) is 0 Å². The zero-order valence-corrected chi connectivity index (χ0v) is 14.0. The number of benzene rings is 2. The van der Waals surface area contributed by atoms with E-state index < -0.39 is 0 Å². The molecule has 6 nitrogen and oxygen atoms in total. The summed E-state index contributed by atoms with van der Waals surface area (Å²) in [4.78, 5) is 16.8. The number of aryl methyl sites for hydroxylation is 1. The Labute approximate surface area is 145 Å². The summed E-state index contributed by atoms with van der Waals surface area (Å²) < 4.78 is 13.0. The third kappa shape index (κ3) is 3.15. The van der Waals surface area contributed by atoms with Crippen molar-refractivity contribution in [2.45, 2.75) is 13.0 Å². The highest BCUT2D eigenvalue weighted by atomic mass is 16.6. The lowest BCUT2D eigenvalue weighted by molar-refractivity contribution is -0.120. The van der Waals surface area contributed by atoms with Crippen LogP contribution in [-0.2, 0) is 24.8 Å². The third-order valence-corrected chi connectivity index (χ3v) is 4.29. The number of aromatic nitrogens is 2. The maximum Gasteiger partial charge on any atom is 0.224 e. The molecule has 0 saturated carbocycles. The van der Waals surface area contributed by atoms with Crippen LogP contribution in [0.15, 0.2) is 42.5 Å². The van der Waals surface area contributed by atoms with E-state index in [-0.39, 0.29) is 5.91 Å². The van der Waals surface area contributed by atoms with E-state index in [1.54, 1.807) is 0 Å². The minimum Gasteiger partial charge on any atom is -0.486 e. The lowest BCUT2D eigenvalue weighted by Gasteiger charge is -2.18. The quantitative estimate of drug-likeness (QED) is 0.793. The number of fused-ring (bicyclic) bond motifs is 2. The van der Waals surface area contributed by atoms with E-state index >= 15 is 0 Å². The first-order chi connectivity index (χ1) is 12.2. The van der Waals surface area contributed by atoms with E-state index in [1.165, 1.54) is 0 Å². The number of amides is 1. The maximum absolute atomic E-state index is 12.3. The van der Waals surface area contributed by atoms with Gasteiger partial charge in [0.05, 0.1) is 24.0 Å². The maximum atomic E-state index is 12.3. The van der Waals surface area contributed by atoms with Gasteiger partial charge in [-0.05, 0) is 29.8 Å². The van der Waals surface area contributed by atoms with Gasteiger partial charge in [0.25, 0.3) is 0 Å². The van der Waals surface area contributed by atoms with Crippen molar-refractivity contribution < 1.29 is 14.3 Å². The normalized spacial score (nSPS) is 13.0. The van der Waals surface area contributed by atoms with Gasteiger partial charge < -0.3 is 19.4 Å². The van der Waals surface area contributed by atoms with Gasteiger partial charge in [0.1, 0.15) is 19.0 Å². The largest absolute Gasteiger partial charge is 0.486 e. The molecule has 0 aliphatic carbocycles. The number of carbonyl (C=O) groups is 1. The number of hydrogen-bond acceptors (Lipinski definition) is 4. The Balaban J connectivity index is 1.41. The molecule has 25 heavy (non-hydrogen) atoms. The number of carbonyl (C=O) groups excluding carboxylic acids is 1. The van der Waals surface area contributed by atoms with Crippen molar-refractivity contribution in [2.75, 3.05) is 13.2 Å². The molecule has 1 aromatic heterocycles. The molecule has 0 spiro atoms. The van der Waals surface area contributed by atoms with Gasteiger partial charge in [-0.2, -0.15) is 0 Å². The monoisotopic (exact) mass is 337 g/mol. The van der Waals surface area contributed by atoms with E-state index in [0.29, 0.717) is 31.9 Å². The van der Waals surface area contributed by atoms with Crippen LogP contribution in [0.4, 0.5) is 0 Å². The summed E-state index contributed by atoms with van der Waals surface area (Å²) in [6.45, 7) is 1.49. The highest BCUT2D eigenvalue weighted by Gasteiger charge is 2.14. The van der Waals surface area contributed by atoms with Crippen molar-refractivity contribution in [3.63, 3.8) is 0 Å². The van der Waals surface area contributed by atoms with E-state index in [4.69, 9.17) is 9.47 Å². The second-order valence-corrected chi connectivity index (χ2v) is 6.01. The Morgan fingerprint density at radius 3 is 2.80 bits per heavy atom. The Hall–Kier alpha value is -3.02. The predicted molar refractivity (Wildman–Crippen MR) is 93.7 cm³/mol. The molecule has 0 atom stereocenters. The standard InChI is InChI=1S/C19H19N3O3/c1-22-15-5-3-2-4-14(15)21-18(22)12-20-19(23)11-13-6-7-16-17(10-13)25-9-8-24-16/h2-7,10H,8-9,11-12H2,1H3,(H,20,23). The van der Waals surface area contributed by atoms with Crippen LogP contribution in [0.25, 0.3) is 11.0 Å². The number of nitrogens with one attached hydrogen (secondary N) is 1. The smallest absolute Gasteiger partial charge is 0.224 e. The molecule has 128 valence electrons. The van der Waals surface area contributed by atoms with Gasteiger partial charge in [-0.1, -0.05) is 18.2 Å². The van der Waals surface area contributed by atoms with Gasteiger partial charge in [-0.3, -0.25) is 4.79 Å². The molecular formula is C19H19N3O3. The summed E-state index contributed by atoms with van der Waals surface area (Å²) in [6, 6.07) is 13.5. The number of hydrogen-bond donors (Lipinski definition) is 1. The Bertz CT molecular complexity index is 933. The minimum absolute atomic E-state index is 0.0521. The summed E-state index contributed by atoms with van der Waals surface area (Å²) in [7, 11) is 1.96. The summed E-state index contributed by atoms with van der Waals surface area (Å²) in [5.74, 6) is 2.21. The number of rotatable bonds is 4. The Morgan fingerprint density at radius 1 is 1.16 bits per heavy atom. The number of nitrogens with zero attached hydrogens (tertiary/aromatic N) is 2. The molecule has 4 rings (SSSR count). The van der Waals surface area contributed by atoms with E-state index in [0.717, 1.165) is 28.2 Å². The van der Waals surface area contributed by atoms with E-state index in [2.05, 4.69) is 10.3 Å². The van der Waals surface area contributed by atoms with Crippen LogP contribution in [0.1, 0.15) is 11.4 Å². The van der Waals surface area contributed by atoms with Crippen molar-refractivity contribution in [2.24, 2.45) is 7.05 Å². The fraction of sp³-hybridized carbons (Fsp3) is 0.263. The zero-order chi connectivity index (χ0) is 17.2. The molecule has 3 aromatic rings. The van der Waals surface area contributed by atoms with Gasteiger partial charge in [-0.25, -0.2) is 4.98 Å². The van der Waals surface area contributed by atoms with Crippen molar-refractivity contribution in [1.82, 2.24) is 14.9 Å². The van der Waals surface area contributed by atoms with E-state index in [1.807, 2.05) is 54.1 Å². The van der Waals surface area contributed by atoms with Crippen LogP contribution < -0.4 is 14.8 Å². The number of ether oxygens (including phenoxy) is 2. The summed E-state index contributed by atoms with van der Waals surface area (Å²) in [5, 5.41) is 2.93. The first kappa shape index (κ1) is 15.5. The Kier molecular flexibility index (Phi) is 4.01. The lowest BCUT2D eigenvalue weighted by atomic mass is 10.1. The number of imidazole rings is 1. The average Bonchev–Trinajstić information content (AvgIpc) is 2.96. The van der Waals surface area contributed by atoms with Gasteiger partial charge in [-0.15, -0.1) is 0 Å². The molecule has 0 fully saturated rings.